The number of hydrogen-bond acceptors (Lipinski definition) is 6. The molecule has 2 amide bonds. The topological polar surface area (TPSA) is 103 Å². The number of carbonyl (C=O) groups is 2. The molecule has 3 N–H and O–H groups in total. The van der Waals surface area contributed by atoms with E-state index in [0.29, 0.717) is 29.5 Å². The van der Waals surface area contributed by atoms with Crippen LogP contribution < -0.4 is 25.3 Å². The summed E-state index contributed by atoms with van der Waals surface area (Å²) in [5.74, 6) is 1.04. The molecule has 0 spiro atoms. The molecule has 166 valence electrons. The van der Waals surface area contributed by atoms with Gasteiger partial charge in [0.25, 0.3) is 0 Å². The zero-order valence-corrected chi connectivity index (χ0v) is 18.1. The fraction of sp³-hybridized carbons (Fsp3) is 0.391. The summed E-state index contributed by atoms with van der Waals surface area (Å²) in [6.45, 7) is 1.45. The minimum Gasteiger partial charge on any atom is -0.493 e. The number of benzene rings is 2. The van der Waals surface area contributed by atoms with Crippen molar-refractivity contribution in [1.29, 1.82) is 0 Å². The number of primary amides is 1. The first-order chi connectivity index (χ1) is 14.9. The Bertz CT molecular complexity index is 922. The van der Waals surface area contributed by atoms with Gasteiger partial charge in [0, 0.05) is 12.2 Å². The highest BCUT2D eigenvalue weighted by Gasteiger charge is 2.28. The van der Waals surface area contributed by atoms with Gasteiger partial charge in [-0.3, -0.25) is 14.5 Å². The fourth-order valence-corrected chi connectivity index (χ4v) is 3.95. The minimum absolute atomic E-state index is 0.150. The summed E-state index contributed by atoms with van der Waals surface area (Å²) in [5.41, 5.74) is 7.96. The molecular weight excluding hydrogens is 398 g/mol. The first-order valence-corrected chi connectivity index (χ1v) is 10.2. The third-order valence-corrected chi connectivity index (χ3v) is 5.38. The first-order valence-electron chi connectivity index (χ1n) is 10.2. The van der Waals surface area contributed by atoms with E-state index in [2.05, 4.69) is 10.2 Å². The van der Waals surface area contributed by atoms with Crippen LogP contribution in [0.15, 0.2) is 36.4 Å². The largest absolute Gasteiger partial charge is 0.493 e. The number of nitrogens with zero attached hydrogens (tertiary/aromatic N) is 1. The molecule has 0 unspecified atom stereocenters. The number of methoxy groups -OCH3 is 3. The monoisotopic (exact) mass is 427 g/mol. The molecule has 1 fully saturated rings. The van der Waals surface area contributed by atoms with Crippen LogP contribution in [0, 0.1) is 0 Å². The van der Waals surface area contributed by atoms with Crippen LogP contribution in [0.2, 0.25) is 0 Å². The summed E-state index contributed by atoms with van der Waals surface area (Å²) in [5, 5.41) is 2.93. The molecule has 1 aliphatic rings. The maximum Gasteiger partial charge on any atom is 0.234 e. The van der Waals surface area contributed by atoms with Crippen molar-refractivity contribution in [3.05, 3.63) is 47.5 Å². The summed E-state index contributed by atoms with van der Waals surface area (Å²) >= 11 is 0. The van der Waals surface area contributed by atoms with Gasteiger partial charge in [-0.25, -0.2) is 0 Å². The lowest BCUT2D eigenvalue weighted by molar-refractivity contribution is -0.122. The number of amides is 2. The zero-order valence-electron chi connectivity index (χ0n) is 18.1. The Morgan fingerprint density at radius 2 is 1.77 bits per heavy atom. The molecule has 0 aromatic heterocycles. The van der Waals surface area contributed by atoms with E-state index in [1.165, 1.54) is 21.3 Å². The second-order valence-electron chi connectivity index (χ2n) is 7.49. The molecule has 2 aromatic carbocycles. The number of rotatable bonds is 9. The summed E-state index contributed by atoms with van der Waals surface area (Å²) in [6.07, 6.45) is 1.90. The Labute approximate surface area is 182 Å². The lowest BCUT2D eigenvalue weighted by Gasteiger charge is -2.22. The highest BCUT2D eigenvalue weighted by molar-refractivity contribution is 5.92. The second kappa shape index (κ2) is 10.2. The van der Waals surface area contributed by atoms with E-state index in [4.69, 9.17) is 19.9 Å². The average molecular weight is 428 g/mol. The van der Waals surface area contributed by atoms with Crippen molar-refractivity contribution < 1.29 is 23.8 Å². The molecule has 3 rings (SSSR count). The van der Waals surface area contributed by atoms with Crippen molar-refractivity contribution >= 4 is 17.5 Å². The van der Waals surface area contributed by atoms with E-state index in [0.717, 1.165) is 30.5 Å². The number of nitrogens with two attached hydrogens (primary N) is 1. The van der Waals surface area contributed by atoms with Crippen LogP contribution in [0.5, 0.6) is 17.2 Å². The van der Waals surface area contributed by atoms with E-state index in [1.54, 1.807) is 12.1 Å². The van der Waals surface area contributed by atoms with Crippen LogP contribution in [0.1, 0.15) is 24.0 Å². The van der Waals surface area contributed by atoms with E-state index < -0.39 is 0 Å². The van der Waals surface area contributed by atoms with E-state index in [-0.39, 0.29) is 24.3 Å². The molecule has 1 saturated heterocycles. The standard InChI is InChI=1S/C23H29N3O5/c1-29-19-11-16(12-20(30-2)22(19)31-3)13-21(27)25-17-7-4-6-15(10-17)14-26-9-5-8-18(26)23(24)28/h4,6-7,10-12,18H,5,8-9,13-14H2,1-3H3,(H2,24,28)(H,25,27)/t18-/m0/s1. The van der Waals surface area contributed by atoms with Gasteiger partial charge >= 0.3 is 0 Å². The highest BCUT2D eigenvalue weighted by Crippen LogP contribution is 2.38. The molecule has 8 nitrogen and oxygen atoms in total. The van der Waals surface area contributed by atoms with E-state index in [9.17, 15) is 9.59 Å². The lowest BCUT2D eigenvalue weighted by atomic mass is 10.1. The van der Waals surface area contributed by atoms with Gasteiger partial charge in [0.15, 0.2) is 11.5 Å². The number of hydrogen-bond donors (Lipinski definition) is 2. The summed E-state index contributed by atoms with van der Waals surface area (Å²) < 4.78 is 16.0. The van der Waals surface area contributed by atoms with Crippen LogP contribution in [0.3, 0.4) is 0 Å². The van der Waals surface area contributed by atoms with Gasteiger partial charge in [-0.15, -0.1) is 0 Å². The van der Waals surface area contributed by atoms with Crippen LogP contribution in [0.25, 0.3) is 0 Å². The maximum atomic E-state index is 12.6. The lowest BCUT2D eigenvalue weighted by Crippen LogP contribution is -2.39. The fourth-order valence-electron chi connectivity index (χ4n) is 3.95. The Balaban J connectivity index is 1.67. The summed E-state index contributed by atoms with van der Waals surface area (Å²) in [7, 11) is 4.61. The Kier molecular flexibility index (Phi) is 7.36. The molecule has 0 radical (unpaired) electrons. The van der Waals surface area contributed by atoms with Crippen molar-refractivity contribution in [3.8, 4) is 17.2 Å². The van der Waals surface area contributed by atoms with Crippen LogP contribution in [0.4, 0.5) is 5.69 Å². The third kappa shape index (κ3) is 5.46. The van der Waals surface area contributed by atoms with Gasteiger partial charge in [0.1, 0.15) is 0 Å². The molecule has 2 aromatic rings. The third-order valence-electron chi connectivity index (χ3n) is 5.38. The first kappa shape index (κ1) is 22.4. The van der Waals surface area contributed by atoms with Gasteiger partial charge in [0.05, 0.1) is 33.8 Å². The molecule has 0 aliphatic carbocycles. The van der Waals surface area contributed by atoms with Crippen molar-refractivity contribution in [2.75, 3.05) is 33.2 Å². The van der Waals surface area contributed by atoms with Crippen LogP contribution >= 0.6 is 0 Å². The van der Waals surface area contributed by atoms with Gasteiger partial charge < -0.3 is 25.3 Å². The molecule has 0 saturated carbocycles. The molecule has 1 aliphatic heterocycles. The SMILES string of the molecule is COc1cc(CC(=O)Nc2cccc(CN3CCC[C@H]3C(N)=O)c2)cc(OC)c1OC. The van der Waals surface area contributed by atoms with Crippen molar-refractivity contribution in [3.63, 3.8) is 0 Å². The Morgan fingerprint density at radius 3 is 2.39 bits per heavy atom. The Morgan fingerprint density at radius 1 is 1.06 bits per heavy atom. The van der Waals surface area contributed by atoms with Gasteiger partial charge in [-0.2, -0.15) is 0 Å². The maximum absolute atomic E-state index is 12.6. The number of likely N-dealkylation sites (tertiary alicyclic amines) is 1. The van der Waals surface area contributed by atoms with E-state index in [1.807, 2.05) is 24.3 Å². The molecular formula is C23H29N3O5. The summed E-state index contributed by atoms with van der Waals surface area (Å²) in [4.78, 5) is 26.3. The number of ether oxygens (including phenoxy) is 3. The molecule has 31 heavy (non-hydrogen) atoms. The quantitative estimate of drug-likeness (QED) is 0.637. The molecule has 1 heterocycles. The minimum atomic E-state index is -0.285. The molecule has 8 heteroatoms. The normalized spacial score (nSPS) is 16.0. The number of anilines is 1. The predicted octanol–water partition coefficient (Wildman–Crippen LogP) is 2.34. The van der Waals surface area contributed by atoms with Crippen LogP contribution in [-0.4, -0.2) is 50.6 Å². The second-order valence-corrected chi connectivity index (χ2v) is 7.49. The van der Waals surface area contributed by atoms with Gasteiger partial charge in [-0.05, 0) is 54.8 Å². The zero-order chi connectivity index (χ0) is 22.4. The Hall–Kier alpha value is -3.26. The van der Waals surface area contributed by atoms with E-state index >= 15 is 0 Å². The van der Waals surface area contributed by atoms with Crippen molar-refractivity contribution in [2.45, 2.75) is 31.8 Å². The van der Waals surface area contributed by atoms with Gasteiger partial charge in [-0.1, -0.05) is 12.1 Å². The molecule has 1 atom stereocenters. The average Bonchev–Trinajstić information content (AvgIpc) is 3.21. The summed E-state index contributed by atoms with van der Waals surface area (Å²) in [6, 6.07) is 10.9. The van der Waals surface area contributed by atoms with Gasteiger partial charge in [0.2, 0.25) is 17.6 Å². The number of carbonyl (C=O) groups excluding carboxylic acids is 2. The van der Waals surface area contributed by atoms with Crippen molar-refractivity contribution in [2.24, 2.45) is 5.73 Å². The highest BCUT2D eigenvalue weighted by atomic mass is 16.5. The predicted molar refractivity (Wildman–Crippen MR) is 118 cm³/mol. The number of nitrogens with one attached hydrogen (secondary N) is 1. The van der Waals surface area contributed by atoms with Crippen LogP contribution in [-0.2, 0) is 22.6 Å². The smallest absolute Gasteiger partial charge is 0.234 e. The van der Waals surface area contributed by atoms with Crippen molar-refractivity contribution in [1.82, 2.24) is 4.90 Å². The molecule has 0 bridgehead atoms.